The van der Waals surface area contributed by atoms with Crippen molar-refractivity contribution in [1.29, 1.82) is 0 Å². The molecule has 0 radical (unpaired) electrons. The predicted octanol–water partition coefficient (Wildman–Crippen LogP) is 3.28. The highest BCUT2D eigenvalue weighted by molar-refractivity contribution is 5.94. The maximum Gasteiger partial charge on any atom is 0.371 e. The summed E-state index contributed by atoms with van der Waals surface area (Å²) in [5.41, 5.74) is 4.63. The van der Waals surface area contributed by atoms with Crippen molar-refractivity contribution in [2.45, 2.75) is 39.2 Å². The SMILES string of the molecule is Cc1ccc(-n2nc(C(=O)NCc3ccc(C(=O)O)o3)c3c2CCCC3)cc1. The van der Waals surface area contributed by atoms with Crippen molar-refractivity contribution < 1.29 is 19.1 Å². The van der Waals surface area contributed by atoms with Crippen molar-refractivity contribution in [3.8, 4) is 5.69 Å². The second kappa shape index (κ2) is 7.34. The minimum Gasteiger partial charge on any atom is -0.475 e. The van der Waals surface area contributed by atoms with Crippen LogP contribution >= 0.6 is 0 Å². The molecule has 4 rings (SSSR count). The van der Waals surface area contributed by atoms with Gasteiger partial charge in [-0.25, -0.2) is 9.48 Å². The largest absolute Gasteiger partial charge is 0.475 e. The number of aromatic nitrogens is 2. The normalized spacial score (nSPS) is 13.2. The third-order valence-corrected chi connectivity index (χ3v) is 4.97. The molecule has 1 aliphatic carbocycles. The second-order valence-corrected chi connectivity index (χ2v) is 6.98. The number of furan rings is 1. The van der Waals surface area contributed by atoms with Crippen molar-refractivity contribution >= 4 is 11.9 Å². The first-order chi connectivity index (χ1) is 13.5. The molecule has 0 spiro atoms. The van der Waals surface area contributed by atoms with Gasteiger partial charge in [0.15, 0.2) is 5.69 Å². The molecule has 0 unspecified atom stereocenters. The van der Waals surface area contributed by atoms with Gasteiger partial charge in [0.05, 0.1) is 12.2 Å². The molecule has 2 aromatic heterocycles. The fourth-order valence-corrected chi connectivity index (χ4v) is 3.52. The molecule has 0 saturated carbocycles. The number of carboxylic acid groups (broad SMARTS) is 1. The highest BCUT2D eigenvalue weighted by Gasteiger charge is 2.25. The molecule has 1 aliphatic rings. The number of amides is 1. The van der Waals surface area contributed by atoms with Crippen LogP contribution in [0.5, 0.6) is 0 Å². The molecule has 2 N–H and O–H groups in total. The molecular weight excluding hydrogens is 358 g/mol. The molecule has 2 heterocycles. The number of aromatic carboxylic acids is 1. The Bertz CT molecular complexity index is 1030. The van der Waals surface area contributed by atoms with E-state index in [1.54, 1.807) is 6.07 Å². The number of fused-ring (bicyclic) bond motifs is 1. The van der Waals surface area contributed by atoms with Gasteiger partial charge in [0.2, 0.25) is 5.76 Å². The zero-order valence-corrected chi connectivity index (χ0v) is 15.6. The Morgan fingerprint density at radius 3 is 2.61 bits per heavy atom. The van der Waals surface area contributed by atoms with Crippen LogP contribution in [0.15, 0.2) is 40.8 Å². The number of carboxylic acids is 1. The lowest BCUT2D eigenvalue weighted by Gasteiger charge is -2.14. The molecular formula is C21H21N3O4. The summed E-state index contributed by atoms with van der Waals surface area (Å²) >= 11 is 0. The van der Waals surface area contributed by atoms with Crippen molar-refractivity contribution in [2.75, 3.05) is 0 Å². The van der Waals surface area contributed by atoms with Crippen LogP contribution in [0.2, 0.25) is 0 Å². The summed E-state index contributed by atoms with van der Waals surface area (Å²) in [6.07, 6.45) is 3.83. The van der Waals surface area contributed by atoms with E-state index in [1.165, 1.54) is 11.6 Å². The van der Waals surface area contributed by atoms with Gasteiger partial charge in [0.25, 0.3) is 5.91 Å². The maximum absolute atomic E-state index is 12.8. The van der Waals surface area contributed by atoms with Crippen LogP contribution in [0.4, 0.5) is 0 Å². The third kappa shape index (κ3) is 3.43. The molecule has 0 fully saturated rings. The molecule has 0 atom stereocenters. The zero-order chi connectivity index (χ0) is 19.7. The lowest BCUT2D eigenvalue weighted by molar-refractivity contribution is 0.0660. The Hall–Kier alpha value is -3.35. The van der Waals surface area contributed by atoms with E-state index < -0.39 is 5.97 Å². The summed E-state index contributed by atoms with van der Waals surface area (Å²) in [6, 6.07) is 11.0. The fraction of sp³-hybridized carbons (Fsp3) is 0.286. The summed E-state index contributed by atoms with van der Waals surface area (Å²) in [5, 5.41) is 16.3. The van der Waals surface area contributed by atoms with E-state index >= 15 is 0 Å². The molecule has 7 heteroatoms. The molecule has 0 saturated heterocycles. The molecule has 28 heavy (non-hydrogen) atoms. The van der Waals surface area contributed by atoms with E-state index in [-0.39, 0.29) is 18.2 Å². The number of nitrogens with zero attached hydrogens (tertiary/aromatic N) is 2. The Balaban J connectivity index is 1.58. The Labute approximate surface area is 162 Å². The number of nitrogens with one attached hydrogen (secondary N) is 1. The van der Waals surface area contributed by atoms with E-state index in [1.807, 2.05) is 35.9 Å². The smallest absolute Gasteiger partial charge is 0.371 e. The van der Waals surface area contributed by atoms with Crippen molar-refractivity contribution in [1.82, 2.24) is 15.1 Å². The van der Waals surface area contributed by atoms with E-state index in [4.69, 9.17) is 9.52 Å². The quantitative estimate of drug-likeness (QED) is 0.709. The lowest BCUT2D eigenvalue weighted by atomic mass is 9.95. The predicted molar refractivity (Wildman–Crippen MR) is 102 cm³/mol. The number of rotatable bonds is 5. The first kappa shape index (κ1) is 18.0. The number of hydrogen-bond acceptors (Lipinski definition) is 4. The van der Waals surface area contributed by atoms with Crippen molar-refractivity contribution in [3.05, 3.63) is 70.4 Å². The van der Waals surface area contributed by atoms with Gasteiger partial charge in [0.1, 0.15) is 5.76 Å². The van der Waals surface area contributed by atoms with Crippen LogP contribution < -0.4 is 5.32 Å². The first-order valence-electron chi connectivity index (χ1n) is 9.31. The zero-order valence-electron chi connectivity index (χ0n) is 15.6. The molecule has 1 amide bonds. The monoisotopic (exact) mass is 379 g/mol. The molecule has 7 nitrogen and oxygen atoms in total. The van der Waals surface area contributed by atoms with Crippen LogP contribution in [0.25, 0.3) is 5.69 Å². The fourth-order valence-electron chi connectivity index (χ4n) is 3.52. The van der Waals surface area contributed by atoms with Crippen LogP contribution in [0.3, 0.4) is 0 Å². The van der Waals surface area contributed by atoms with E-state index in [9.17, 15) is 9.59 Å². The van der Waals surface area contributed by atoms with Gasteiger partial charge in [-0.3, -0.25) is 4.79 Å². The minimum absolute atomic E-state index is 0.109. The van der Waals surface area contributed by atoms with Gasteiger partial charge < -0.3 is 14.8 Å². The molecule has 144 valence electrons. The van der Waals surface area contributed by atoms with Gasteiger partial charge in [-0.05, 0) is 56.9 Å². The molecule has 0 bridgehead atoms. The Morgan fingerprint density at radius 2 is 1.89 bits per heavy atom. The standard InChI is InChI=1S/C21H21N3O4/c1-13-6-8-14(9-7-13)24-17-5-3-2-4-16(17)19(23-24)20(25)22-12-15-10-11-18(28-15)21(26)27/h6-11H,2-5,12H2,1H3,(H,22,25)(H,26,27). The van der Waals surface area contributed by atoms with Gasteiger partial charge >= 0.3 is 5.97 Å². The number of benzene rings is 1. The van der Waals surface area contributed by atoms with Gasteiger partial charge in [-0.1, -0.05) is 17.7 Å². The van der Waals surface area contributed by atoms with Crippen LogP contribution in [-0.2, 0) is 19.4 Å². The topological polar surface area (TPSA) is 97.4 Å². The van der Waals surface area contributed by atoms with Gasteiger partial charge in [-0.2, -0.15) is 5.10 Å². The average molecular weight is 379 g/mol. The number of aryl methyl sites for hydroxylation is 1. The van der Waals surface area contributed by atoms with E-state index in [0.29, 0.717) is 11.5 Å². The van der Waals surface area contributed by atoms with Crippen LogP contribution in [0.1, 0.15) is 56.5 Å². The van der Waals surface area contributed by atoms with Gasteiger partial charge in [-0.15, -0.1) is 0 Å². The van der Waals surface area contributed by atoms with Crippen LogP contribution in [0, 0.1) is 6.92 Å². The lowest BCUT2D eigenvalue weighted by Crippen LogP contribution is -2.24. The third-order valence-electron chi connectivity index (χ3n) is 4.97. The first-order valence-corrected chi connectivity index (χ1v) is 9.31. The highest BCUT2D eigenvalue weighted by Crippen LogP contribution is 2.27. The number of carbonyl (C=O) groups is 2. The van der Waals surface area contributed by atoms with Crippen LogP contribution in [-0.4, -0.2) is 26.8 Å². The average Bonchev–Trinajstić information content (AvgIpc) is 3.32. The molecule has 0 aliphatic heterocycles. The second-order valence-electron chi connectivity index (χ2n) is 6.98. The molecule has 1 aromatic carbocycles. The Morgan fingerprint density at radius 1 is 1.14 bits per heavy atom. The van der Waals surface area contributed by atoms with E-state index in [0.717, 1.165) is 42.6 Å². The summed E-state index contributed by atoms with van der Waals surface area (Å²) in [4.78, 5) is 23.7. The Kier molecular flexibility index (Phi) is 4.73. The summed E-state index contributed by atoms with van der Waals surface area (Å²) < 4.78 is 7.06. The van der Waals surface area contributed by atoms with E-state index in [2.05, 4.69) is 10.4 Å². The number of carbonyl (C=O) groups excluding carboxylic acids is 1. The van der Waals surface area contributed by atoms with Crippen molar-refractivity contribution in [2.24, 2.45) is 0 Å². The minimum atomic E-state index is -1.14. The summed E-state index contributed by atoms with van der Waals surface area (Å²) in [7, 11) is 0. The van der Waals surface area contributed by atoms with Crippen molar-refractivity contribution in [3.63, 3.8) is 0 Å². The summed E-state index contributed by atoms with van der Waals surface area (Å²) in [6.45, 7) is 2.14. The molecule has 3 aromatic rings. The highest BCUT2D eigenvalue weighted by atomic mass is 16.4. The van der Waals surface area contributed by atoms with Gasteiger partial charge in [0, 0.05) is 11.3 Å². The maximum atomic E-state index is 12.8. The number of hydrogen-bond donors (Lipinski definition) is 2. The summed E-state index contributed by atoms with van der Waals surface area (Å²) in [5.74, 6) is -1.18.